The first-order valence-electron chi connectivity index (χ1n) is 9.51. The average molecular weight is 453 g/mol. The number of alkyl halides is 3. The first kappa shape index (κ1) is 24.7. The van der Waals surface area contributed by atoms with Gasteiger partial charge < -0.3 is 20.6 Å². The molecule has 1 aliphatic heterocycles. The zero-order chi connectivity index (χ0) is 24.1. The van der Waals surface area contributed by atoms with Crippen molar-refractivity contribution in [2.75, 3.05) is 31.1 Å². The van der Waals surface area contributed by atoms with Crippen molar-refractivity contribution in [2.24, 2.45) is 0 Å². The van der Waals surface area contributed by atoms with Crippen LogP contribution in [0.5, 0.6) is 0 Å². The average Bonchev–Trinajstić information content (AvgIpc) is 2.87. The van der Waals surface area contributed by atoms with E-state index in [2.05, 4.69) is 10.6 Å². The van der Waals surface area contributed by atoms with Crippen molar-refractivity contribution in [3.8, 4) is 6.07 Å². The van der Waals surface area contributed by atoms with E-state index in [4.69, 9.17) is 10.4 Å². The highest BCUT2D eigenvalue weighted by atomic mass is 19.4. The molecule has 0 radical (unpaired) electrons. The number of rotatable bonds is 8. The molecule has 1 fully saturated rings. The van der Waals surface area contributed by atoms with E-state index in [1.165, 1.54) is 24.8 Å². The van der Waals surface area contributed by atoms with Crippen LogP contribution in [0.4, 0.5) is 28.4 Å². The molecule has 1 aromatic carbocycles. The topological polar surface area (TPSA) is 126 Å². The molecule has 0 atom stereocenters. The zero-order valence-electron chi connectivity index (χ0n) is 17.4. The molecule has 0 aliphatic carbocycles. The van der Waals surface area contributed by atoms with Gasteiger partial charge in [-0.05, 0) is 32.0 Å². The van der Waals surface area contributed by atoms with Crippen LogP contribution in [-0.4, -0.2) is 59.8 Å². The number of imide groups is 1. The number of nitrogens with zero attached hydrogens (tertiary/aromatic N) is 3. The lowest BCUT2D eigenvalue weighted by atomic mass is 10.0. The van der Waals surface area contributed by atoms with Gasteiger partial charge in [0.1, 0.15) is 5.54 Å². The van der Waals surface area contributed by atoms with Gasteiger partial charge in [0.25, 0.3) is 5.91 Å². The minimum absolute atomic E-state index is 0.0333. The Morgan fingerprint density at radius 1 is 1.25 bits per heavy atom. The Morgan fingerprint density at radius 2 is 1.94 bits per heavy atom. The highest BCUT2D eigenvalue weighted by Gasteiger charge is 2.51. The molecular weight excluding hydrogens is 431 g/mol. The predicted molar refractivity (Wildman–Crippen MR) is 108 cm³/mol. The standard InChI is InChI=1S/C20H22F3N5O4/c1-19(2)16(29)28(14-6-5-13(12-24)15(11-14)20(21,22)23)18(32)27(19)10-4-3-7-25-8-9-26-17(30)31/h3-6,11,25-26H,7-10H2,1-2H3,(H,30,31). The minimum Gasteiger partial charge on any atom is -0.465 e. The van der Waals surface area contributed by atoms with Crippen LogP contribution in [0.3, 0.4) is 0 Å². The molecule has 4 amide bonds. The summed E-state index contributed by atoms with van der Waals surface area (Å²) in [5.41, 5.74) is -3.39. The smallest absolute Gasteiger partial charge is 0.417 e. The zero-order valence-corrected chi connectivity index (χ0v) is 17.4. The van der Waals surface area contributed by atoms with Gasteiger partial charge in [0.05, 0.1) is 22.9 Å². The molecule has 1 aliphatic rings. The lowest BCUT2D eigenvalue weighted by Gasteiger charge is -2.26. The van der Waals surface area contributed by atoms with Crippen LogP contribution in [0, 0.1) is 11.3 Å². The maximum Gasteiger partial charge on any atom is 0.417 e. The van der Waals surface area contributed by atoms with Crippen LogP contribution in [0.15, 0.2) is 30.4 Å². The van der Waals surface area contributed by atoms with Crippen molar-refractivity contribution >= 4 is 23.7 Å². The largest absolute Gasteiger partial charge is 0.465 e. The van der Waals surface area contributed by atoms with Crippen LogP contribution in [-0.2, 0) is 11.0 Å². The third-order valence-corrected chi connectivity index (χ3v) is 4.81. The molecule has 12 heteroatoms. The van der Waals surface area contributed by atoms with Crippen LogP contribution < -0.4 is 15.5 Å². The summed E-state index contributed by atoms with van der Waals surface area (Å²) in [7, 11) is 0. The van der Waals surface area contributed by atoms with Crippen molar-refractivity contribution in [1.29, 1.82) is 5.26 Å². The van der Waals surface area contributed by atoms with Gasteiger partial charge in [-0.15, -0.1) is 0 Å². The molecule has 172 valence electrons. The van der Waals surface area contributed by atoms with Crippen molar-refractivity contribution in [2.45, 2.75) is 25.6 Å². The van der Waals surface area contributed by atoms with E-state index in [-0.39, 0.29) is 18.8 Å². The van der Waals surface area contributed by atoms with E-state index in [0.717, 1.165) is 12.1 Å². The van der Waals surface area contributed by atoms with Gasteiger partial charge in [-0.3, -0.25) is 4.79 Å². The lowest BCUT2D eigenvalue weighted by Crippen LogP contribution is -2.44. The summed E-state index contributed by atoms with van der Waals surface area (Å²) in [5.74, 6) is -0.688. The highest BCUT2D eigenvalue weighted by molar-refractivity contribution is 6.23. The fourth-order valence-electron chi connectivity index (χ4n) is 3.08. The second-order valence-electron chi connectivity index (χ2n) is 7.34. The Balaban J connectivity index is 2.13. The normalized spacial score (nSPS) is 16.0. The Hall–Kier alpha value is -3.59. The van der Waals surface area contributed by atoms with Crippen molar-refractivity contribution < 1.29 is 32.7 Å². The summed E-state index contributed by atoms with van der Waals surface area (Å²) in [6, 6.07) is 3.37. The van der Waals surface area contributed by atoms with E-state index in [1.807, 2.05) is 0 Å². The molecule has 1 heterocycles. The number of carbonyl (C=O) groups is 3. The van der Waals surface area contributed by atoms with Crippen LogP contribution >= 0.6 is 0 Å². The Morgan fingerprint density at radius 3 is 2.53 bits per heavy atom. The molecule has 3 N–H and O–H groups in total. The fraction of sp³-hybridized carbons (Fsp3) is 0.400. The summed E-state index contributed by atoms with van der Waals surface area (Å²) >= 11 is 0. The first-order valence-corrected chi connectivity index (χ1v) is 9.51. The van der Waals surface area contributed by atoms with Crippen molar-refractivity contribution in [3.63, 3.8) is 0 Å². The molecule has 1 aromatic rings. The maximum absolute atomic E-state index is 13.3. The highest BCUT2D eigenvalue weighted by Crippen LogP contribution is 2.37. The van der Waals surface area contributed by atoms with E-state index in [1.54, 1.807) is 12.2 Å². The predicted octanol–water partition coefficient (Wildman–Crippen LogP) is 2.54. The molecule has 0 unspecified atom stereocenters. The van der Waals surface area contributed by atoms with Crippen LogP contribution in [0.2, 0.25) is 0 Å². The number of carboxylic acid groups (broad SMARTS) is 1. The Kier molecular flexibility index (Phi) is 7.48. The molecule has 2 rings (SSSR count). The number of nitrogens with one attached hydrogen (secondary N) is 2. The van der Waals surface area contributed by atoms with Gasteiger partial charge in [0, 0.05) is 26.2 Å². The molecule has 1 saturated heterocycles. The second kappa shape index (κ2) is 9.69. The van der Waals surface area contributed by atoms with Gasteiger partial charge in [-0.25, -0.2) is 14.5 Å². The Labute approximate surface area is 182 Å². The van der Waals surface area contributed by atoms with E-state index in [9.17, 15) is 27.6 Å². The summed E-state index contributed by atoms with van der Waals surface area (Å²) in [6.07, 6.45) is -2.65. The number of halogens is 3. The molecular formula is C20H22F3N5O4. The minimum atomic E-state index is -4.82. The number of carbonyl (C=O) groups excluding carboxylic acids is 2. The lowest BCUT2D eigenvalue weighted by molar-refractivity contribution is -0.137. The first-order chi connectivity index (χ1) is 14.9. The van der Waals surface area contributed by atoms with Gasteiger partial charge in [-0.1, -0.05) is 12.2 Å². The van der Waals surface area contributed by atoms with E-state index in [0.29, 0.717) is 24.1 Å². The number of anilines is 1. The molecule has 0 bridgehead atoms. The van der Waals surface area contributed by atoms with Gasteiger partial charge >= 0.3 is 18.3 Å². The summed E-state index contributed by atoms with van der Waals surface area (Å²) in [5, 5.41) is 22.5. The summed E-state index contributed by atoms with van der Waals surface area (Å²) in [6.45, 7) is 4.00. The van der Waals surface area contributed by atoms with Crippen molar-refractivity contribution in [1.82, 2.24) is 15.5 Å². The van der Waals surface area contributed by atoms with Gasteiger partial charge in [0.15, 0.2) is 0 Å². The summed E-state index contributed by atoms with van der Waals surface area (Å²) in [4.78, 5) is 38.0. The second-order valence-corrected chi connectivity index (χ2v) is 7.34. The number of urea groups is 1. The molecule has 0 aromatic heterocycles. The summed E-state index contributed by atoms with van der Waals surface area (Å²) < 4.78 is 39.9. The molecule has 9 nitrogen and oxygen atoms in total. The number of amides is 4. The SMILES string of the molecule is CC1(C)C(=O)N(c2ccc(C#N)c(C(F)(F)F)c2)C(=O)N1CC=CCNCCNC(=O)O. The Bertz CT molecular complexity index is 969. The molecule has 0 saturated carbocycles. The quantitative estimate of drug-likeness (QED) is 0.316. The monoisotopic (exact) mass is 453 g/mol. The number of benzene rings is 1. The fourth-order valence-corrected chi connectivity index (χ4v) is 3.08. The van der Waals surface area contributed by atoms with Gasteiger partial charge in [-0.2, -0.15) is 18.4 Å². The maximum atomic E-state index is 13.3. The van der Waals surface area contributed by atoms with E-state index >= 15 is 0 Å². The third-order valence-electron chi connectivity index (χ3n) is 4.81. The van der Waals surface area contributed by atoms with Gasteiger partial charge in [0.2, 0.25) is 0 Å². The number of hydrogen-bond acceptors (Lipinski definition) is 5. The molecule has 0 spiro atoms. The van der Waals surface area contributed by atoms with Crippen molar-refractivity contribution in [3.05, 3.63) is 41.5 Å². The van der Waals surface area contributed by atoms with E-state index < -0.39 is 40.9 Å². The van der Waals surface area contributed by atoms with Crippen LogP contribution in [0.1, 0.15) is 25.0 Å². The number of hydrogen-bond donors (Lipinski definition) is 3. The third kappa shape index (κ3) is 5.36. The molecule has 32 heavy (non-hydrogen) atoms. The van der Waals surface area contributed by atoms with Crippen LogP contribution in [0.25, 0.3) is 0 Å². The number of nitriles is 1.